The van der Waals surface area contributed by atoms with Crippen LogP contribution in [0.4, 0.5) is 5.69 Å². The summed E-state index contributed by atoms with van der Waals surface area (Å²) in [5.41, 5.74) is 4.68. The highest BCUT2D eigenvalue weighted by molar-refractivity contribution is 7.02. The minimum Gasteiger partial charge on any atom is -0.423 e. The highest BCUT2D eigenvalue weighted by Gasteiger charge is 2.52. The van der Waals surface area contributed by atoms with Gasteiger partial charge in [0.15, 0.2) is 0 Å². The van der Waals surface area contributed by atoms with Crippen molar-refractivity contribution in [3.8, 4) is 0 Å². The number of benzene rings is 1. The van der Waals surface area contributed by atoms with Crippen molar-refractivity contribution in [2.75, 3.05) is 4.23 Å². The summed E-state index contributed by atoms with van der Waals surface area (Å²) in [6.07, 6.45) is 0. The molecule has 0 N–H and O–H groups in total. The summed E-state index contributed by atoms with van der Waals surface area (Å²) in [5.74, 6) is 0. The van der Waals surface area contributed by atoms with Crippen LogP contribution in [-0.2, 0) is 10.8 Å². The third-order valence-corrected chi connectivity index (χ3v) is 21.1. The molecule has 0 aliphatic heterocycles. The largest absolute Gasteiger partial charge is 0.423 e. The molecule has 0 atom stereocenters. The standard InChI is InChI=1S/C26H51NSi2/c1-23(2,3)20-17-21(24(4,5)6)19-22(18-20)27(28(13,14)25(7,8)9)29(15,16)26(10,11)12/h17-19H,1-16H3. The molecule has 0 unspecified atom stereocenters. The van der Waals surface area contributed by atoms with Crippen LogP contribution in [0.2, 0.25) is 36.3 Å². The lowest BCUT2D eigenvalue weighted by molar-refractivity contribution is 0.568. The maximum Gasteiger partial charge on any atom is 0.147 e. The Morgan fingerprint density at radius 2 is 0.793 bits per heavy atom. The summed E-state index contributed by atoms with van der Waals surface area (Å²) in [6.45, 7) is 39.2. The molecule has 0 saturated heterocycles. The second-order valence-corrected chi connectivity index (χ2v) is 24.8. The van der Waals surface area contributed by atoms with Crippen molar-refractivity contribution in [3.05, 3.63) is 29.3 Å². The fraction of sp³-hybridized carbons (Fsp3) is 0.769. The molecule has 0 aliphatic rings. The lowest BCUT2D eigenvalue weighted by atomic mass is 9.80. The van der Waals surface area contributed by atoms with E-state index in [1.807, 2.05) is 0 Å². The van der Waals surface area contributed by atoms with Crippen LogP contribution in [0.15, 0.2) is 18.2 Å². The molecule has 0 amide bonds. The molecule has 0 fully saturated rings. The highest BCUT2D eigenvalue weighted by atomic mass is 28.4. The van der Waals surface area contributed by atoms with E-state index in [2.05, 4.69) is 132 Å². The Bertz CT molecular complexity index is 659. The molecule has 0 aromatic heterocycles. The second kappa shape index (κ2) is 7.55. The Balaban J connectivity index is 4.01. The lowest BCUT2D eigenvalue weighted by Crippen LogP contribution is -2.69. The van der Waals surface area contributed by atoms with Crippen molar-refractivity contribution < 1.29 is 0 Å². The van der Waals surface area contributed by atoms with Gasteiger partial charge in [-0.05, 0) is 44.2 Å². The van der Waals surface area contributed by atoms with Crippen molar-refractivity contribution in [2.24, 2.45) is 0 Å². The SMILES string of the molecule is CC(C)(C)c1cc(N([Si](C)(C)C(C)(C)C)[Si](C)(C)C(C)(C)C)cc(C(C)(C)C)c1. The molecule has 0 aliphatic carbocycles. The quantitative estimate of drug-likeness (QED) is 0.429. The van der Waals surface area contributed by atoms with Crippen molar-refractivity contribution in [2.45, 2.75) is 130 Å². The van der Waals surface area contributed by atoms with Gasteiger partial charge in [-0.15, -0.1) is 0 Å². The van der Waals surface area contributed by atoms with Gasteiger partial charge >= 0.3 is 0 Å². The van der Waals surface area contributed by atoms with Gasteiger partial charge in [0.1, 0.15) is 16.5 Å². The first-order valence-corrected chi connectivity index (χ1v) is 17.3. The van der Waals surface area contributed by atoms with E-state index in [1.165, 1.54) is 16.8 Å². The normalized spacial score (nSPS) is 14.9. The number of rotatable bonds is 3. The van der Waals surface area contributed by atoms with Gasteiger partial charge in [0.05, 0.1) is 0 Å². The number of hydrogen-bond donors (Lipinski definition) is 0. The first-order valence-electron chi connectivity index (χ1n) is 11.4. The van der Waals surface area contributed by atoms with Gasteiger partial charge in [-0.25, -0.2) is 0 Å². The molecule has 0 saturated carbocycles. The lowest BCUT2D eigenvalue weighted by Gasteiger charge is -2.58. The van der Waals surface area contributed by atoms with Crippen LogP contribution in [0.1, 0.15) is 94.2 Å². The van der Waals surface area contributed by atoms with Crippen LogP contribution in [0.25, 0.3) is 0 Å². The first kappa shape index (κ1) is 26.5. The smallest absolute Gasteiger partial charge is 0.147 e. The zero-order chi connectivity index (χ0) is 23.4. The molecule has 29 heavy (non-hydrogen) atoms. The number of hydrogen-bond acceptors (Lipinski definition) is 1. The number of nitrogens with zero attached hydrogens (tertiary/aromatic N) is 1. The fourth-order valence-corrected chi connectivity index (χ4v) is 14.1. The number of anilines is 1. The molecule has 1 aromatic carbocycles. The van der Waals surface area contributed by atoms with Gasteiger partial charge in [-0.1, -0.05) is 115 Å². The first-order chi connectivity index (χ1) is 12.4. The molecule has 168 valence electrons. The van der Waals surface area contributed by atoms with Gasteiger partial charge in [-0.2, -0.15) is 0 Å². The van der Waals surface area contributed by atoms with E-state index in [0.717, 1.165) is 0 Å². The molecule has 1 nitrogen and oxygen atoms in total. The van der Waals surface area contributed by atoms with Crippen molar-refractivity contribution in [1.29, 1.82) is 0 Å². The molecule has 0 bridgehead atoms. The topological polar surface area (TPSA) is 3.24 Å². The summed E-state index contributed by atoms with van der Waals surface area (Å²) in [6, 6.07) is 7.51. The minimum atomic E-state index is -1.79. The minimum absolute atomic E-state index is 0.141. The third-order valence-electron chi connectivity index (χ3n) is 7.70. The van der Waals surface area contributed by atoms with Crippen molar-refractivity contribution in [3.63, 3.8) is 0 Å². The van der Waals surface area contributed by atoms with Gasteiger partial charge in [-0.3, -0.25) is 0 Å². The van der Waals surface area contributed by atoms with Crippen molar-refractivity contribution in [1.82, 2.24) is 0 Å². The van der Waals surface area contributed by atoms with E-state index in [1.54, 1.807) is 0 Å². The Morgan fingerprint density at radius 3 is 1.00 bits per heavy atom. The third kappa shape index (κ3) is 5.39. The zero-order valence-corrected chi connectivity index (χ0v) is 24.7. The Labute approximate surface area is 185 Å². The molecular weight excluding hydrogens is 382 g/mol. The van der Waals surface area contributed by atoms with E-state index in [0.29, 0.717) is 10.1 Å². The average Bonchev–Trinajstić information content (AvgIpc) is 2.42. The summed E-state index contributed by atoms with van der Waals surface area (Å²) < 4.78 is 3.00. The van der Waals surface area contributed by atoms with Crippen LogP contribution in [0, 0.1) is 0 Å². The molecule has 1 aromatic rings. The molecule has 1 rings (SSSR count). The maximum atomic E-state index is 3.00. The van der Waals surface area contributed by atoms with E-state index < -0.39 is 16.5 Å². The van der Waals surface area contributed by atoms with Gasteiger partial charge in [0.25, 0.3) is 0 Å². The predicted octanol–water partition coefficient (Wildman–Crippen LogP) is 9.10. The predicted molar refractivity (Wildman–Crippen MR) is 141 cm³/mol. The maximum absolute atomic E-state index is 3.00. The summed E-state index contributed by atoms with van der Waals surface area (Å²) >= 11 is 0. The second-order valence-electron chi connectivity index (χ2n) is 14.2. The molecule has 3 heteroatoms. The van der Waals surface area contributed by atoms with Gasteiger partial charge in [0.2, 0.25) is 0 Å². The molecular formula is C26H51NSi2. The van der Waals surface area contributed by atoms with Gasteiger partial charge < -0.3 is 4.23 Å². The fourth-order valence-electron chi connectivity index (χ4n) is 3.62. The van der Waals surface area contributed by atoms with E-state index in [9.17, 15) is 0 Å². The van der Waals surface area contributed by atoms with Crippen LogP contribution < -0.4 is 4.23 Å². The van der Waals surface area contributed by atoms with Crippen LogP contribution in [-0.4, -0.2) is 16.5 Å². The van der Waals surface area contributed by atoms with E-state index >= 15 is 0 Å². The van der Waals surface area contributed by atoms with Crippen LogP contribution in [0.3, 0.4) is 0 Å². The van der Waals surface area contributed by atoms with Crippen molar-refractivity contribution >= 4 is 22.2 Å². The summed E-state index contributed by atoms with van der Waals surface area (Å²) in [5, 5.41) is 0.588. The van der Waals surface area contributed by atoms with E-state index in [-0.39, 0.29) is 10.8 Å². The Hall–Kier alpha value is -0.546. The average molecular weight is 434 g/mol. The summed E-state index contributed by atoms with van der Waals surface area (Å²) in [4.78, 5) is 0. The van der Waals surface area contributed by atoms with Crippen LogP contribution >= 0.6 is 0 Å². The Morgan fingerprint density at radius 1 is 0.517 bits per heavy atom. The highest BCUT2D eigenvalue weighted by Crippen LogP contribution is 2.50. The monoisotopic (exact) mass is 433 g/mol. The molecule has 0 heterocycles. The Kier molecular flexibility index (Phi) is 6.89. The van der Waals surface area contributed by atoms with Gasteiger partial charge in [0, 0.05) is 5.69 Å². The van der Waals surface area contributed by atoms with E-state index in [4.69, 9.17) is 0 Å². The molecule has 0 radical (unpaired) electrons. The van der Waals surface area contributed by atoms with Crippen LogP contribution in [0.5, 0.6) is 0 Å². The molecule has 0 spiro atoms. The summed E-state index contributed by atoms with van der Waals surface area (Å²) in [7, 11) is -3.58. The zero-order valence-electron chi connectivity index (χ0n) is 22.7.